The first-order valence-electron chi connectivity index (χ1n) is 5.09. The third-order valence-corrected chi connectivity index (χ3v) is 3.72. The maximum absolute atomic E-state index is 11.6. The van der Waals surface area contributed by atoms with E-state index >= 15 is 0 Å². The van der Waals surface area contributed by atoms with Crippen molar-refractivity contribution >= 4 is 16.2 Å². The van der Waals surface area contributed by atoms with Gasteiger partial charge in [-0.1, -0.05) is 4.89 Å². The van der Waals surface area contributed by atoms with Gasteiger partial charge in [-0.2, -0.15) is 12.7 Å². The fourth-order valence-corrected chi connectivity index (χ4v) is 2.67. The lowest BCUT2D eigenvalue weighted by Crippen LogP contribution is -2.47. The van der Waals surface area contributed by atoms with Crippen molar-refractivity contribution in [3.8, 4) is 0 Å². The Bertz CT molecular complexity index is 342. The highest BCUT2D eigenvalue weighted by Gasteiger charge is 2.32. The fraction of sp³-hybridized carbons (Fsp3) is 0.875. The van der Waals surface area contributed by atoms with Crippen LogP contribution < -0.4 is 4.89 Å². The lowest BCUT2D eigenvalue weighted by atomic mass is 10.0. The van der Waals surface area contributed by atoms with Crippen molar-refractivity contribution in [1.82, 2.24) is 9.19 Å². The summed E-state index contributed by atoms with van der Waals surface area (Å²) in [5, 5.41) is 8.82. The second-order valence-corrected chi connectivity index (χ2v) is 5.19. The summed E-state index contributed by atoms with van der Waals surface area (Å²) >= 11 is 0. The molecule has 2 N–H and O–H groups in total. The van der Waals surface area contributed by atoms with E-state index in [9.17, 15) is 13.2 Å². The van der Waals surface area contributed by atoms with Gasteiger partial charge in [-0.15, -0.1) is 0 Å². The van der Waals surface area contributed by atoms with Crippen LogP contribution in [0.4, 0.5) is 0 Å². The second kappa shape index (κ2) is 5.58. The molecule has 1 aliphatic heterocycles. The molecule has 0 saturated carbocycles. The summed E-state index contributed by atoms with van der Waals surface area (Å²) in [6.45, 7) is 2.19. The molecule has 0 bridgehead atoms. The number of piperidine rings is 1. The first kappa shape index (κ1) is 13.4. The van der Waals surface area contributed by atoms with Gasteiger partial charge < -0.3 is 5.11 Å². The molecule has 1 saturated heterocycles. The maximum atomic E-state index is 11.6. The lowest BCUT2D eigenvalue weighted by molar-refractivity contribution is -0.142. The Kier molecular flexibility index (Phi) is 4.66. The van der Waals surface area contributed by atoms with Gasteiger partial charge in [0.1, 0.15) is 0 Å². The Labute approximate surface area is 94.5 Å². The highest BCUT2D eigenvalue weighted by Crippen LogP contribution is 2.18. The molecule has 0 spiro atoms. The molecule has 1 heterocycles. The van der Waals surface area contributed by atoms with Gasteiger partial charge in [0.2, 0.25) is 0 Å². The Hall–Kier alpha value is -0.700. The predicted molar refractivity (Wildman–Crippen MR) is 55.6 cm³/mol. The zero-order chi connectivity index (χ0) is 12.2. The number of carboxylic acids is 1. The van der Waals surface area contributed by atoms with Crippen molar-refractivity contribution in [2.24, 2.45) is 5.92 Å². The maximum Gasteiger partial charge on any atom is 0.307 e. The minimum atomic E-state index is -3.71. The van der Waals surface area contributed by atoms with Crippen molar-refractivity contribution < 1.29 is 23.2 Å². The molecule has 8 heteroatoms. The van der Waals surface area contributed by atoms with Gasteiger partial charge in [0.15, 0.2) is 0 Å². The van der Waals surface area contributed by atoms with E-state index in [1.165, 1.54) is 0 Å². The van der Waals surface area contributed by atoms with Crippen LogP contribution in [0.1, 0.15) is 19.8 Å². The van der Waals surface area contributed by atoms with Gasteiger partial charge in [-0.05, 0) is 19.8 Å². The molecule has 1 fully saturated rings. The zero-order valence-corrected chi connectivity index (χ0v) is 9.87. The summed E-state index contributed by atoms with van der Waals surface area (Å²) in [6, 6.07) is 0. The molecule has 1 rings (SSSR count). The van der Waals surface area contributed by atoms with Gasteiger partial charge in [0.25, 0.3) is 0 Å². The smallest absolute Gasteiger partial charge is 0.307 e. The van der Waals surface area contributed by atoms with Crippen LogP contribution in [0.2, 0.25) is 0 Å². The monoisotopic (exact) mass is 252 g/mol. The Morgan fingerprint density at radius 2 is 2.31 bits per heavy atom. The molecular formula is C8H16N2O5S. The number of nitrogens with one attached hydrogen (secondary N) is 1. The van der Waals surface area contributed by atoms with Crippen LogP contribution in [-0.2, 0) is 19.8 Å². The SMILES string of the molecule is CCONS(=O)(=O)N1CCCC(C(=O)O)C1. The number of hydrogen-bond donors (Lipinski definition) is 2. The summed E-state index contributed by atoms with van der Waals surface area (Å²) in [6.07, 6.45) is 1.06. The van der Waals surface area contributed by atoms with Crippen LogP contribution >= 0.6 is 0 Å². The lowest BCUT2D eigenvalue weighted by Gasteiger charge is -2.29. The van der Waals surface area contributed by atoms with Gasteiger partial charge in [-0.3, -0.25) is 9.63 Å². The molecule has 0 aromatic rings. The molecule has 0 amide bonds. The van der Waals surface area contributed by atoms with Gasteiger partial charge in [0.05, 0.1) is 12.5 Å². The topological polar surface area (TPSA) is 95.9 Å². The van der Waals surface area contributed by atoms with E-state index in [1.54, 1.807) is 6.92 Å². The van der Waals surface area contributed by atoms with Gasteiger partial charge in [0, 0.05) is 13.1 Å². The van der Waals surface area contributed by atoms with E-state index in [4.69, 9.17) is 5.11 Å². The molecule has 1 atom stereocenters. The third-order valence-electron chi connectivity index (χ3n) is 2.38. The normalized spacial score (nSPS) is 23.2. The van der Waals surface area contributed by atoms with E-state index in [-0.39, 0.29) is 13.2 Å². The Morgan fingerprint density at radius 3 is 2.88 bits per heavy atom. The molecule has 0 aromatic heterocycles. The van der Waals surface area contributed by atoms with E-state index in [0.717, 1.165) is 4.31 Å². The molecule has 0 radical (unpaired) electrons. The van der Waals surface area contributed by atoms with Crippen LogP contribution in [0.15, 0.2) is 0 Å². The number of aliphatic carboxylic acids is 1. The standard InChI is InChI=1S/C8H16N2O5S/c1-2-15-9-16(13,14)10-5-3-4-7(6-10)8(11)12/h7,9H,2-6H2,1H3,(H,11,12). The molecule has 16 heavy (non-hydrogen) atoms. The summed E-state index contributed by atoms with van der Waals surface area (Å²) in [5.41, 5.74) is 0. The molecular weight excluding hydrogens is 236 g/mol. The molecule has 1 unspecified atom stereocenters. The molecule has 7 nitrogen and oxygen atoms in total. The van der Waals surface area contributed by atoms with Crippen LogP contribution in [0, 0.1) is 5.92 Å². The first-order valence-corrected chi connectivity index (χ1v) is 6.53. The number of carboxylic acid groups (broad SMARTS) is 1. The number of rotatable bonds is 5. The average Bonchev–Trinajstić information content (AvgIpc) is 2.26. The van der Waals surface area contributed by atoms with E-state index in [2.05, 4.69) is 4.84 Å². The summed E-state index contributed by atoms with van der Waals surface area (Å²) in [4.78, 5) is 17.3. The van der Waals surface area contributed by atoms with Crippen molar-refractivity contribution in [3.63, 3.8) is 0 Å². The second-order valence-electron chi connectivity index (χ2n) is 3.56. The highest BCUT2D eigenvalue weighted by atomic mass is 32.2. The molecule has 1 aliphatic rings. The van der Waals surface area contributed by atoms with Crippen molar-refractivity contribution in [1.29, 1.82) is 0 Å². The minimum absolute atomic E-state index is 0.00224. The zero-order valence-electron chi connectivity index (χ0n) is 9.05. The van der Waals surface area contributed by atoms with E-state index in [1.807, 2.05) is 4.89 Å². The summed E-state index contributed by atoms with van der Waals surface area (Å²) < 4.78 is 24.3. The third kappa shape index (κ3) is 3.41. The van der Waals surface area contributed by atoms with Crippen LogP contribution in [0.25, 0.3) is 0 Å². The number of hydrogen-bond acceptors (Lipinski definition) is 4. The number of nitrogens with zero attached hydrogens (tertiary/aromatic N) is 1. The number of carbonyl (C=O) groups is 1. The molecule has 0 aliphatic carbocycles. The largest absolute Gasteiger partial charge is 0.481 e. The minimum Gasteiger partial charge on any atom is -0.481 e. The predicted octanol–water partition coefficient (Wildman–Crippen LogP) is -0.431. The quantitative estimate of drug-likeness (QED) is 0.647. The van der Waals surface area contributed by atoms with Crippen molar-refractivity contribution in [3.05, 3.63) is 0 Å². The van der Waals surface area contributed by atoms with Gasteiger partial charge in [-0.25, -0.2) is 0 Å². The molecule has 94 valence electrons. The van der Waals surface area contributed by atoms with Gasteiger partial charge >= 0.3 is 16.2 Å². The average molecular weight is 252 g/mol. The highest BCUT2D eigenvalue weighted by molar-refractivity contribution is 7.87. The summed E-state index contributed by atoms with van der Waals surface area (Å²) in [7, 11) is -3.71. The Balaban J connectivity index is 2.62. The van der Waals surface area contributed by atoms with Crippen LogP contribution in [-0.4, -0.2) is 43.5 Å². The van der Waals surface area contributed by atoms with E-state index < -0.39 is 22.1 Å². The van der Waals surface area contributed by atoms with Crippen molar-refractivity contribution in [2.45, 2.75) is 19.8 Å². The first-order chi connectivity index (χ1) is 7.47. The van der Waals surface area contributed by atoms with E-state index in [0.29, 0.717) is 19.4 Å². The Morgan fingerprint density at radius 1 is 1.62 bits per heavy atom. The summed E-state index contributed by atoms with van der Waals surface area (Å²) in [5.74, 6) is -1.59. The van der Waals surface area contributed by atoms with Crippen LogP contribution in [0.3, 0.4) is 0 Å². The molecule has 0 aromatic carbocycles. The van der Waals surface area contributed by atoms with Crippen molar-refractivity contribution in [2.75, 3.05) is 19.7 Å². The van der Waals surface area contributed by atoms with Crippen LogP contribution in [0.5, 0.6) is 0 Å². The fourth-order valence-electron chi connectivity index (χ4n) is 1.55.